The fourth-order valence-corrected chi connectivity index (χ4v) is 9.79. The molecule has 3 heterocycles. The number of nitrogens with zero attached hydrogens (tertiary/aromatic N) is 4. The molecule has 10 aromatic carbocycles. The molecule has 0 unspecified atom stereocenters. The number of benzene rings is 10. The van der Waals surface area contributed by atoms with E-state index in [1.165, 1.54) is 11.1 Å². The van der Waals surface area contributed by atoms with Gasteiger partial charge in [-0.25, -0.2) is 15.0 Å². The zero-order valence-corrected chi connectivity index (χ0v) is 36.8. The van der Waals surface area contributed by atoms with Gasteiger partial charge in [-0.1, -0.05) is 200 Å². The molecule has 0 saturated carbocycles. The Morgan fingerprint density at radius 1 is 0.309 bits per heavy atom. The second-order valence-corrected chi connectivity index (χ2v) is 17.2. The van der Waals surface area contributed by atoms with E-state index in [9.17, 15) is 0 Å². The normalized spacial score (nSPS) is 11.5. The van der Waals surface area contributed by atoms with E-state index in [4.69, 9.17) is 19.4 Å². The van der Waals surface area contributed by atoms with Crippen LogP contribution in [0.15, 0.2) is 247 Å². The van der Waals surface area contributed by atoms with Crippen LogP contribution in [-0.4, -0.2) is 19.5 Å². The van der Waals surface area contributed by atoms with Crippen molar-refractivity contribution in [1.29, 1.82) is 0 Å². The molecule has 0 saturated heterocycles. The Morgan fingerprint density at radius 2 is 0.765 bits per heavy atom. The highest BCUT2D eigenvalue weighted by molar-refractivity contribution is 6.23. The van der Waals surface area contributed by atoms with Crippen molar-refractivity contribution in [3.05, 3.63) is 243 Å². The van der Waals surface area contributed by atoms with Gasteiger partial charge in [-0.2, -0.15) is 0 Å². The first-order chi connectivity index (χ1) is 33.7. The van der Waals surface area contributed by atoms with E-state index in [0.717, 1.165) is 99.5 Å². The highest BCUT2D eigenvalue weighted by Gasteiger charge is 2.23. The number of aromatic nitrogens is 4. The first-order valence-corrected chi connectivity index (χ1v) is 22.9. The van der Waals surface area contributed by atoms with E-state index in [1.54, 1.807) is 0 Å². The van der Waals surface area contributed by atoms with Crippen molar-refractivity contribution in [3.8, 4) is 84.4 Å². The van der Waals surface area contributed by atoms with Gasteiger partial charge in [0.25, 0.3) is 0 Å². The molecule has 68 heavy (non-hydrogen) atoms. The highest BCUT2D eigenvalue weighted by atomic mass is 16.3. The molecule has 13 rings (SSSR count). The number of furan rings is 1. The Balaban J connectivity index is 0.996. The van der Waals surface area contributed by atoms with Crippen molar-refractivity contribution in [3.63, 3.8) is 0 Å². The number of rotatable bonds is 8. The topological polar surface area (TPSA) is 56.7 Å². The monoisotopic (exact) mass is 868 g/mol. The Bertz CT molecular complexity index is 3900. The zero-order chi connectivity index (χ0) is 45.0. The molecule has 0 aliphatic heterocycles. The first kappa shape index (κ1) is 39.2. The molecule has 0 radical (unpaired) electrons. The Kier molecular flexibility index (Phi) is 9.43. The Morgan fingerprint density at radius 3 is 1.40 bits per heavy atom. The molecule has 0 atom stereocenters. The van der Waals surface area contributed by atoms with Crippen molar-refractivity contribution in [1.82, 2.24) is 19.5 Å². The molecular weight excluding hydrogens is 829 g/mol. The van der Waals surface area contributed by atoms with Gasteiger partial charge in [0.05, 0.1) is 11.0 Å². The molecule has 0 spiro atoms. The molecular formula is C63H40N4O. The molecule has 0 bridgehead atoms. The lowest BCUT2D eigenvalue weighted by Crippen LogP contribution is -2.00. The maximum atomic E-state index is 7.06. The van der Waals surface area contributed by atoms with Gasteiger partial charge in [0.2, 0.25) is 0 Å². The van der Waals surface area contributed by atoms with Gasteiger partial charge in [0.1, 0.15) is 5.58 Å². The van der Waals surface area contributed by atoms with Gasteiger partial charge in [-0.15, -0.1) is 0 Å². The molecule has 13 aromatic rings. The summed E-state index contributed by atoms with van der Waals surface area (Å²) in [5.41, 5.74) is 16.5. The predicted octanol–water partition coefficient (Wildman–Crippen LogP) is 16.5. The lowest BCUT2D eigenvalue weighted by molar-refractivity contribution is 0.671. The smallest absolute Gasteiger partial charge is 0.164 e. The third-order valence-corrected chi connectivity index (χ3v) is 13.1. The summed E-state index contributed by atoms with van der Waals surface area (Å²) in [6.45, 7) is 0. The van der Waals surface area contributed by atoms with Crippen LogP contribution in [-0.2, 0) is 0 Å². The van der Waals surface area contributed by atoms with Gasteiger partial charge < -0.3 is 8.98 Å². The van der Waals surface area contributed by atoms with Crippen LogP contribution in [0.5, 0.6) is 0 Å². The average Bonchev–Trinajstić information content (AvgIpc) is 3.98. The van der Waals surface area contributed by atoms with Crippen LogP contribution in [0.2, 0.25) is 0 Å². The molecule has 318 valence electrons. The van der Waals surface area contributed by atoms with Gasteiger partial charge in [-0.05, 0) is 87.0 Å². The molecule has 5 heteroatoms. The van der Waals surface area contributed by atoms with E-state index < -0.39 is 0 Å². The minimum absolute atomic E-state index is 0.570. The van der Waals surface area contributed by atoms with Crippen LogP contribution in [0.1, 0.15) is 0 Å². The minimum atomic E-state index is 0.570. The number of hydrogen-bond acceptors (Lipinski definition) is 4. The summed E-state index contributed by atoms with van der Waals surface area (Å²) in [7, 11) is 0. The highest BCUT2D eigenvalue weighted by Crippen LogP contribution is 2.43. The average molecular weight is 869 g/mol. The summed E-state index contributed by atoms with van der Waals surface area (Å²) in [6.07, 6.45) is 0. The standard InChI is InChI=1S/C63H40N4O/c1-4-16-41(17-5-1)44-32-34-45(35-33-44)48-24-14-27-51(40-48)67-56-30-11-10-28-52(56)53-36-37-54-58-55(29-15-31-57(58)68-60(54)59(53)67)63-65-61(49-25-12-22-46(38-49)42-18-6-2-7-19-42)64-62(66-63)50-26-13-23-47(39-50)43-20-8-3-9-21-43/h1-40H. The van der Waals surface area contributed by atoms with Crippen molar-refractivity contribution in [2.24, 2.45) is 0 Å². The summed E-state index contributed by atoms with van der Waals surface area (Å²) in [5, 5.41) is 4.21. The molecule has 0 N–H and O–H groups in total. The van der Waals surface area contributed by atoms with Gasteiger partial charge >= 0.3 is 0 Å². The fourth-order valence-electron chi connectivity index (χ4n) is 9.79. The molecule has 0 amide bonds. The summed E-state index contributed by atoms with van der Waals surface area (Å²) in [5.74, 6) is 1.75. The predicted molar refractivity (Wildman–Crippen MR) is 279 cm³/mol. The summed E-state index contributed by atoms with van der Waals surface area (Å²) in [6, 6.07) is 85.1. The molecule has 0 fully saturated rings. The van der Waals surface area contributed by atoms with E-state index in [2.05, 4.69) is 223 Å². The van der Waals surface area contributed by atoms with Crippen LogP contribution in [0, 0.1) is 0 Å². The summed E-state index contributed by atoms with van der Waals surface area (Å²) >= 11 is 0. The number of hydrogen-bond donors (Lipinski definition) is 0. The summed E-state index contributed by atoms with van der Waals surface area (Å²) in [4.78, 5) is 15.8. The van der Waals surface area contributed by atoms with Crippen LogP contribution >= 0.6 is 0 Å². The van der Waals surface area contributed by atoms with E-state index in [1.807, 2.05) is 24.3 Å². The van der Waals surface area contributed by atoms with Crippen molar-refractivity contribution in [2.45, 2.75) is 0 Å². The lowest BCUT2D eigenvalue weighted by atomic mass is 10.00. The van der Waals surface area contributed by atoms with Gasteiger partial charge in [-0.3, -0.25) is 0 Å². The van der Waals surface area contributed by atoms with Crippen LogP contribution in [0.3, 0.4) is 0 Å². The van der Waals surface area contributed by atoms with Crippen molar-refractivity contribution >= 4 is 43.7 Å². The third-order valence-electron chi connectivity index (χ3n) is 13.1. The van der Waals surface area contributed by atoms with E-state index >= 15 is 0 Å². The van der Waals surface area contributed by atoms with Crippen molar-refractivity contribution < 1.29 is 4.42 Å². The minimum Gasteiger partial charge on any atom is -0.454 e. The van der Waals surface area contributed by atoms with Gasteiger partial charge in [0, 0.05) is 43.9 Å². The molecule has 0 aliphatic carbocycles. The second kappa shape index (κ2) is 16.4. The summed E-state index contributed by atoms with van der Waals surface area (Å²) < 4.78 is 9.41. The van der Waals surface area contributed by atoms with Crippen LogP contribution in [0.4, 0.5) is 0 Å². The Hall–Kier alpha value is -9.19. The number of para-hydroxylation sites is 1. The molecule has 5 nitrogen and oxygen atoms in total. The lowest BCUT2D eigenvalue weighted by Gasteiger charge is -2.11. The van der Waals surface area contributed by atoms with Crippen LogP contribution in [0.25, 0.3) is 128 Å². The maximum absolute atomic E-state index is 7.06. The van der Waals surface area contributed by atoms with E-state index in [0.29, 0.717) is 17.5 Å². The molecule has 3 aromatic heterocycles. The second-order valence-electron chi connectivity index (χ2n) is 17.2. The van der Waals surface area contributed by atoms with E-state index in [-0.39, 0.29) is 0 Å². The maximum Gasteiger partial charge on any atom is 0.164 e. The van der Waals surface area contributed by atoms with Crippen LogP contribution < -0.4 is 0 Å². The largest absolute Gasteiger partial charge is 0.454 e. The fraction of sp³-hybridized carbons (Fsp3) is 0. The number of fused-ring (bicyclic) bond motifs is 7. The first-order valence-electron chi connectivity index (χ1n) is 22.9. The van der Waals surface area contributed by atoms with Crippen molar-refractivity contribution in [2.75, 3.05) is 0 Å². The third kappa shape index (κ3) is 6.84. The SMILES string of the molecule is c1ccc(-c2ccc(-c3cccc(-n4c5ccccc5c5ccc6c(oc7cccc(-c8nc(-c9cccc(-c%10ccccc%10)c9)nc(-c9cccc(-c%10ccccc%10)c9)n8)c76)c54)c3)cc2)cc1. The molecule has 0 aliphatic rings. The quantitative estimate of drug-likeness (QED) is 0.153. The Labute approximate surface area is 392 Å². The van der Waals surface area contributed by atoms with Gasteiger partial charge in [0.15, 0.2) is 23.1 Å². The zero-order valence-electron chi connectivity index (χ0n) is 36.8.